The third kappa shape index (κ3) is 4.85. The van der Waals surface area contributed by atoms with Crippen molar-refractivity contribution >= 4 is 23.0 Å². The molecule has 3 aromatic rings. The summed E-state index contributed by atoms with van der Waals surface area (Å²) in [4.78, 5) is 16.8. The van der Waals surface area contributed by atoms with E-state index in [4.69, 9.17) is 4.74 Å². The molecule has 5 heteroatoms. The number of rotatable bonds is 6. The fraction of sp³-hybridized carbons (Fsp3) is 0.182. The van der Waals surface area contributed by atoms with Crippen molar-refractivity contribution < 1.29 is 9.53 Å². The van der Waals surface area contributed by atoms with E-state index in [1.54, 1.807) is 18.5 Å². The van der Waals surface area contributed by atoms with E-state index in [-0.39, 0.29) is 5.91 Å². The highest BCUT2D eigenvalue weighted by atomic mass is 16.5. The molecule has 27 heavy (non-hydrogen) atoms. The maximum absolute atomic E-state index is 12.6. The molecule has 2 aromatic carbocycles. The molecule has 0 bridgehead atoms. The minimum absolute atomic E-state index is 0.190. The largest absolute Gasteiger partial charge is 0.494 e. The quantitative estimate of drug-likeness (QED) is 0.642. The molecule has 1 amide bonds. The average Bonchev–Trinajstić information content (AvgIpc) is 2.66. The van der Waals surface area contributed by atoms with Crippen LogP contribution in [0, 0.1) is 13.8 Å². The van der Waals surface area contributed by atoms with Crippen molar-refractivity contribution in [3.05, 3.63) is 77.6 Å². The first-order valence-electron chi connectivity index (χ1n) is 8.88. The zero-order chi connectivity index (χ0) is 19.2. The van der Waals surface area contributed by atoms with E-state index in [2.05, 4.69) is 15.6 Å². The number of hydrogen-bond donors (Lipinski definition) is 2. The van der Waals surface area contributed by atoms with E-state index in [9.17, 15) is 4.79 Å². The predicted molar refractivity (Wildman–Crippen MR) is 109 cm³/mol. The van der Waals surface area contributed by atoms with Crippen molar-refractivity contribution in [1.29, 1.82) is 0 Å². The molecule has 0 aliphatic carbocycles. The summed E-state index contributed by atoms with van der Waals surface area (Å²) < 4.78 is 5.44. The van der Waals surface area contributed by atoms with Gasteiger partial charge in [0.15, 0.2) is 0 Å². The number of amides is 1. The van der Waals surface area contributed by atoms with Gasteiger partial charge in [-0.05, 0) is 62.7 Å². The number of nitrogens with one attached hydrogen (secondary N) is 2. The number of nitrogens with zero attached hydrogens (tertiary/aromatic N) is 1. The van der Waals surface area contributed by atoms with Gasteiger partial charge >= 0.3 is 0 Å². The Balaban J connectivity index is 1.71. The SMILES string of the molecule is CCOc1ccc(Nc2cncc(C(=O)Nc3ccc(C)cc3C)c2)cc1. The molecule has 0 unspecified atom stereocenters. The minimum atomic E-state index is -0.190. The first kappa shape index (κ1) is 18.5. The fourth-order valence-electron chi connectivity index (χ4n) is 2.75. The van der Waals surface area contributed by atoms with Gasteiger partial charge in [-0.15, -0.1) is 0 Å². The topological polar surface area (TPSA) is 63.2 Å². The second-order valence-corrected chi connectivity index (χ2v) is 6.32. The van der Waals surface area contributed by atoms with E-state index in [1.165, 1.54) is 0 Å². The van der Waals surface area contributed by atoms with Crippen LogP contribution in [0.4, 0.5) is 17.1 Å². The third-order valence-corrected chi connectivity index (χ3v) is 4.08. The van der Waals surface area contributed by atoms with Gasteiger partial charge in [-0.2, -0.15) is 0 Å². The van der Waals surface area contributed by atoms with Crippen LogP contribution in [0.15, 0.2) is 60.9 Å². The first-order valence-corrected chi connectivity index (χ1v) is 8.88. The van der Waals surface area contributed by atoms with Crippen molar-refractivity contribution in [2.45, 2.75) is 20.8 Å². The van der Waals surface area contributed by atoms with Crippen LogP contribution in [-0.4, -0.2) is 17.5 Å². The molecule has 3 rings (SSSR count). The van der Waals surface area contributed by atoms with Gasteiger partial charge < -0.3 is 15.4 Å². The third-order valence-electron chi connectivity index (χ3n) is 4.08. The molecular weight excluding hydrogens is 338 g/mol. The fourth-order valence-corrected chi connectivity index (χ4v) is 2.75. The summed E-state index contributed by atoms with van der Waals surface area (Å²) in [5, 5.41) is 6.20. The lowest BCUT2D eigenvalue weighted by atomic mass is 10.1. The Bertz CT molecular complexity index is 937. The number of ether oxygens (including phenoxy) is 1. The minimum Gasteiger partial charge on any atom is -0.494 e. The molecule has 5 nitrogen and oxygen atoms in total. The van der Waals surface area contributed by atoms with Crippen molar-refractivity contribution in [1.82, 2.24) is 4.98 Å². The van der Waals surface area contributed by atoms with Crippen molar-refractivity contribution in [3.8, 4) is 5.75 Å². The normalized spacial score (nSPS) is 10.3. The highest BCUT2D eigenvalue weighted by molar-refractivity contribution is 6.05. The summed E-state index contributed by atoms with van der Waals surface area (Å²) in [6.07, 6.45) is 3.24. The second-order valence-electron chi connectivity index (χ2n) is 6.32. The summed E-state index contributed by atoms with van der Waals surface area (Å²) >= 11 is 0. The highest BCUT2D eigenvalue weighted by Crippen LogP contribution is 2.21. The lowest BCUT2D eigenvalue weighted by Gasteiger charge is -2.11. The van der Waals surface area contributed by atoms with E-state index < -0.39 is 0 Å². The summed E-state index contributed by atoms with van der Waals surface area (Å²) in [7, 11) is 0. The Labute approximate surface area is 159 Å². The number of carbonyl (C=O) groups is 1. The Hall–Kier alpha value is -3.34. The Morgan fingerprint density at radius 2 is 1.78 bits per heavy atom. The smallest absolute Gasteiger partial charge is 0.257 e. The second kappa shape index (κ2) is 8.36. The molecular formula is C22H23N3O2. The maximum Gasteiger partial charge on any atom is 0.257 e. The molecule has 0 aliphatic heterocycles. The zero-order valence-corrected chi connectivity index (χ0v) is 15.7. The standard InChI is InChI=1S/C22H23N3O2/c1-4-27-20-8-6-18(7-9-20)24-19-12-17(13-23-14-19)22(26)25-21-10-5-15(2)11-16(21)3/h5-14,24H,4H2,1-3H3,(H,25,26). The summed E-state index contributed by atoms with van der Waals surface area (Å²) in [6.45, 7) is 6.59. The number of aryl methyl sites for hydroxylation is 2. The zero-order valence-electron chi connectivity index (χ0n) is 15.7. The number of aromatic nitrogens is 1. The Morgan fingerprint density at radius 1 is 1.00 bits per heavy atom. The first-order chi connectivity index (χ1) is 13.0. The van der Waals surface area contributed by atoms with Crippen molar-refractivity contribution in [3.63, 3.8) is 0 Å². The lowest BCUT2D eigenvalue weighted by molar-refractivity contribution is 0.102. The molecule has 1 aromatic heterocycles. The van der Waals surface area contributed by atoms with E-state index >= 15 is 0 Å². The highest BCUT2D eigenvalue weighted by Gasteiger charge is 2.09. The van der Waals surface area contributed by atoms with Gasteiger partial charge in [0.2, 0.25) is 0 Å². The maximum atomic E-state index is 12.6. The molecule has 0 saturated carbocycles. The Kier molecular flexibility index (Phi) is 5.71. The van der Waals surface area contributed by atoms with Crippen molar-refractivity contribution in [2.24, 2.45) is 0 Å². The van der Waals surface area contributed by atoms with Crippen LogP contribution >= 0.6 is 0 Å². The van der Waals surface area contributed by atoms with Gasteiger partial charge in [0.05, 0.1) is 24.1 Å². The van der Waals surface area contributed by atoms with Crippen LogP contribution in [0.1, 0.15) is 28.4 Å². The number of benzene rings is 2. The van der Waals surface area contributed by atoms with Crippen LogP contribution in [0.5, 0.6) is 5.75 Å². The van der Waals surface area contributed by atoms with Gasteiger partial charge in [0.1, 0.15) is 5.75 Å². The van der Waals surface area contributed by atoms with Crippen LogP contribution in [0.25, 0.3) is 0 Å². The van der Waals surface area contributed by atoms with Gasteiger partial charge in [-0.25, -0.2) is 0 Å². The monoisotopic (exact) mass is 361 g/mol. The summed E-state index contributed by atoms with van der Waals surface area (Å²) in [5.74, 6) is 0.632. The summed E-state index contributed by atoms with van der Waals surface area (Å²) in [6, 6.07) is 15.4. The molecule has 0 radical (unpaired) electrons. The molecule has 0 atom stereocenters. The molecule has 0 spiro atoms. The number of pyridine rings is 1. The summed E-state index contributed by atoms with van der Waals surface area (Å²) in [5.41, 5.74) is 5.12. The van der Waals surface area contributed by atoms with Crippen LogP contribution < -0.4 is 15.4 Å². The lowest BCUT2D eigenvalue weighted by Crippen LogP contribution is -2.13. The van der Waals surface area contributed by atoms with Crippen LogP contribution in [-0.2, 0) is 0 Å². The molecule has 1 heterocycles. The van der Waals surface area contributed by atoms with E-state index in [0.29, 0.717) is 12.2 Å². The van der Waals surface area contributed by atoms with Gasteiger partial charge in [-0.3, -0.25) is 9.78 Å². The van der Waals surface area contributed by atoms with E-state index in [1.807, 2.05) is 63.2 Å². The molecule has 0 fully saturated rings. The average molecular weight is 361 g/mol. The van der Waals surface area contributed by atoms with Crippen LogP contribution in [0.2, 0.25) is 0 Å². The predicted octanol–water partition coefficient (Wildman–Crippen LogP) is 5.09. The van der Waals surface area contributed by atoms with Crippen LogP contribution in [0.3, 0.4) is 0 Å². The van der Waals surface area contributed by atoms with E-state index in [0.717, 1.165) is 33.9 Å². The van der Waals surface area contributed by atoms with Gasteiger partial charge in [0.25, 0.3) is 5.91 Å². The number of anilines is 3. The molecule has 0 aliphatic rings. The van der Waals surface area contributed by atoms with Gasteiger partial charge in [-0.1, -0.05) is 17.7 Å². The van der Waals surface area contributed by atoms with Gasteiger partial charge in [0, 0.05) is 17.6 Å². The van der Waals surface area contributed by atoms with Crippen molar-refractivity contribution in [2.75, 3.05) is 17.2 Å². The number of carbonyl (C=O) groups excluding carboxylic acids is 1. The molecule has 2 N–H and O–H groups in total. The molecule has 138 valence electrons. The number of hydrogen-bond acceptors (Lipinski definition) is 4. The Morgan fingerprint density at radius 3 is 2.48 bits per heavy atom. The molecule has 0 saturated heterocycles.